The average Bonchev–Trinajstić information content (AvgIpc) is 2.66. The molecule has 3 N–H and O–H groups in total. The molecule has 1 heterocycles. The predicted molar refractivity (Wildman–Crippen MR) is 119 cm³/mol. The van der Waals surface area contributed by atoms with E-state index in [2.05, 4.69) is 20.6 Å². The number of aromatic nitrogens is 2. The molecule has 7 heteroatoms. The molecule has 1 fully saturated rings. The highest BCUT2D eigenvalue weighted by molar-refractivity contribution is 6.07. The van der Waals surface area contributed by atoms with Crippen LogP contribution in [0.4, 0.5) is 4.79 Å². The van der Waals surface area contributed by atoms with Gasteiger partial charge in [-0.05, 0) is 64.5 Å². The minimum Gasteiger partial charge on any atom is -0.444 e. The number of amides is 1. The maximum Gasteiger partial charge on any atom is 0.407 e. The third-order valence-electron chi connectivity index (χ3n) is 5.05. The van der Waals surface area contributed by atoms with Gasteiger partial charge in [0.2, 0.25) is 0 Å². The number of hydrogen-bond acceptors (Lipinski definition) is 6. The maximum absolute atomic E-state index is 11.8. The van der Waals surface area contributed by atoms with Gasteiger partial charge in [0.05, 0.1) is 22.9 Å². The van der Waals surface area contributed by atoms with Gasteiger partial charge in [-0.1, -0.05) is 12.1 Å². The highest BCUT2D eigenvalue weighted by Crippen LogP contribution is 2.31. The van der Waals surface area contributed by atoms with Crippen LogP contribution in [-0.2, 0) is 4.74 Å². The first-order valence-corrected chi connectivity index (χ1v) is 10.5. The Morgan fingerprint density at radius 2 is 2.00 bits per heavy atom. The smallest absolute Gasteiger partial charge is 0.407 e. The van der Waals surface area contributed by atoms with Crippen LogP contribution in [0.25, 0.3) is 16.6 Å². The standard InChI is InChI=1S/C23H31N5O2/c1-23(2,3)30-22(29)27-18-11-16(12-18)7-6-10-25-14-17(13-24)21-15-26-19-8-4-5-9-20(19)28-21/h4-5,8-9,13-16,18,24-25H,6-7,10-12H2,1-3H3,(H,27,29)/b17-14+,24-13?. The molecule has 1 aromatic carbocycles. The highest BCUT2D eigenvalue weighted by Gasteiger charge is 2.30. The summed E-state index contributed by atoms with van der Waals surface area (Å²) in [4.78, 5) is 20.8. The second-order valence-corrected chi connectivity index (χ2v) is 8.76. The van der Waals surface area contributed by atoms with Crippen LogP contribution in [0.15, 0.2) is 36.7 Å². The van der Waals surface area contributed by atoms with Crippen LogP contribution in [-0.4, -0.2) is 40.5 Å². The van der Waals surface area contributed by atoms with Crippen molar-refractivity contribution in [1.82, 2.24) is 20.6 Å². The third kappa shape index (κ3) is 6.27. The van der Waals surface area contributed by atoms with Crippen molar-refractivity contribution in [2.45, 2.75) is 58.1 Å². The second kappa shape index (κ2) is 9.69. The summed E-state index contributed by atoms with van der Waals surface area (Å²) in [6, 6.07) is 7.94. The zero-order valence-corrected chi connectivity index (χ0v) is 17.9. The minimum atomic E-state index is -0.458. The second-order valence-electron chi connectivity index (χ2n) is 8.76. The highest BCUT2D eigenvalue weighted by atomic mass is 16.6. The summed E-state index contributed by atoms with van der Waals surface area (Å²) in [6.07, 6.45) is 8.67. The van der Waals surface area contributed by atoms with Crippen molar-refractivity contribution >= 4 is 28.9 Å². The molecule has 3 rings (SSSR count). The lowest BCUT2D eigenvalue weighted by atomic mass is 9.77. The Labute approximate surface area is 177 Å². The summed E-state index contributed by atoms with van der Waals surface area (Å²) >= 11 is 0. The SMILES string of the molecule is CC(C)(C)OC(=O)NC1CC(CCCN/C=C(\C=N)c2cnc3ccccc3n2)C1. The van der Waals surface area contributed by atoms with Crippen molar-refractivity contribution in [3.05, 3.63) is 42.4 Å². The molecule has 1 aromatic heterocycles. The van der Waals surface area contributed by atoms with E-state index in [9.17, 15) is 4.79 Å². The molecule has 0 spiro atoms. The number of allylic oxidation sites excluding steroid dienone is 1. The molecular weight excluding hydrogens is 378 g/mol. The van der Waals surface area contributed by atoms with Crippen LogP contribution >= 0.6 is 0 Å². The molecule has 0 atom stereocenters. The molecule has 0 bridgehead atoms. The van der Waals surface area contributed by atoms with Gasteiger partial charge in [-0.2, -0.15) is 0 Å². The molecule has 1 aliphatic carbocycles. The molecule has 1 aliphatic rings. The Balaban J connectivity index is 1.37. The van der Waals surface area contributed by atoms with Crippen molar-refractivity contribution < 1.29 is 9.53 Å². The number of ether oxygens (including phenoxy) is 1. The topological polar surface area (TPSA) is 100.0 Å². The first-order valence-electron chi connectivity index (χ1n) is 10.5. The average molecular weight is 410 g/mol. The summed E-state index contributed by atoms with van der Waals surface area (Å²) in [7, 11) is 0. The van der Waals surface area contributed by atoms with Crippen LogP contribution < -0.4 is 10.6 Å². The molecule has 0 radical (unpaired) electrons. The summed E-state index contributed by atoms with van der Waals surface area (Å²) in [5, 5.41) is 13.9. The number of nitrogens with zero attached hydrogens (tertiary/aromatic N) is 2. The molecule has 2 aromatic rings. The number of para-hydroxylation sites is 2. The van der Waals surface area contributed by atoms with Gasteiger partial charge in [0.25, 0.3) is 0 Å². The van der Waals surface area contributed by atoms with E-state index in [0.29, 0.717) is 17.2 Å². The zero-order valence-electron chi connectivity index (χ0n) is 17.9. The Bertz CT molecular complexity index is 913. The first kappa shape index (κ1) is 21.7. The lowest BCUT2D eigenvalue weighted by Gasteiger charge is -2.36. The van der Waals surface area contributed by atoms with Crippen molar-refractivity contribution in [2.75, 3.05) is 6.54 Å². The van der Waals surface area contributed by atoms with E-state index in [1.54, 1.807) is 6.20 Å². The fraction of sp³-hybridized carbons (Fsp3) is 0.478. The Morgan fingerprint density at radius 3 is 2.70 bits per heavy atom. The van der Waals surface area contributed by atoms with Gasteiger partial charge in [0, 0.05) is 30.6 Å². The molecule has 1 amide bonds. The van der Waals surface area contributed by atoms with E-state index in [1.807, 2.05) is 51.2 Å². The monoisotopic (exact) mass is 409 g/mol. The molecular formula is C23H31N5O2. The Kier molecular flexibility index (Phi) is 7.03. The lowest BCUT2D eigenvalue weighted by Crippen LogP contribution is -2.46. The minimum absolute atomic E-state index is 0.230. The first-order chi connectivity index (χ1) is 14.3. The van der Waals surface area contributed by atoms with E-state index in [0.717, 1.165) is 43.3 Å². The van der Waals surface area contributed by atoms with Gasteiger partial charge in [0.15, 0.2) is 0 Å². The summed E-state index contributed by atoms with van der Waals surface area (Å²) < 4.78 is 5.29. The van der Waals surface area contributed by atoms with Gasteiger partial charge < -0.3 is 20.8 Å². The summed E-state index contributed by atoms with van der Waals surface area (Å²) in [5.41, 5.74) is 2.60. The predicted octanol–water partition coefficient (Wildman–Crippen LogP) is 4.29. The molecule has 1 saturated carbocycles. The van der Waals surface area contributed by atoms with E-state index in [-0.39, 0.29) is 12.1 Å². The lowest BCUT2D eigenvalue weighted by molar-refractivity contribution is 0.0449. The van der Waals surface area contributed by atoms with Gasteiger partial charge in [-0.3, -0.25) is 4.98 Å². The van der Waals surface area contributed by atoms with Gasteiger partial charge >= 0.3 is 6.09 Å². The van der Waals surface area contributed by atoms with Gasteiger partial charge in [-0.25, -0.2) is 9.78 Å². The molecule has 0 saturated heterocycles. The van der Waals surface area contributed by atoms with Crippen LogP contribution in [0.1, 0.15) is 52.1 Å². The number of fused-ring (bicyclic) bond motifs is 1. The number of nitrogens with one attached hydrogen (secondary N) is 3. The third-order valence-corrected chi connectivity index (χ3v) is 5.05. The fourth-order valence-electron chi connectivity index (χ4n) is 3.52. The van der Waals surface area contributed by atoms with Crippen molar-refractivity contribution in [3.63, 3.8) is 0 Å². The van der Waals surface area contributed by atoms with E-state index in [4.69, 9.17) is 10.1 Å². The molecule has 160 valence electrons. The Morgan fingerprint density at radius 1 is 1.27 bits per heavy atom. The molecule has 7 nitrogen and oxygen atoms in total. The van der Waals surface area contributed by atoms with Gasteiger partial charge in [-0.15, -0.1) is 0 Å². The zero-order chi connectivity index (χ0) is 21.6. The summed E-state index contributed by atoms with van der Waals surface area (Å²) in [6.45, 7) is 6.44. The molecule has 30 heavy (non-hydrogen) atoms. The molecule has 0 unspecified atom stereocenters. The maximum atomic E-state index is 11.8. The van der Waals surface area contributed by atoms with Crippen molar-refractivity contribution in [2.24, 2.45) is 5.92 Å². The number of rotatable bonds is 8. The normalized spacial score (nSPS) is 19.1. The Hall–Kier alpha value is -2.96. The fourth-order valence-corrected chi connectivity index (χ4v) is 3.52. The molecule has 0 aliphatic heterocycles. The van der Waals surface area contributed by atoms with E-state index >= 15 is 0 Å². The van der Waals surface area contributed by atoms with Crippen molar-refractivity contribution in [3.8, 4) is 0 Å². The number of benzene rings is 1. The summed E-state index contributed by atoms with van der Waals surface area (Å²) in [5.74, 6) is 0.643. The quantitative estimate of drug-likeness (QED) is 0.446. The van der Waals surface area contributed by atoms with Crippen LogP contribution in [0.2, 0.25) is 0 Å². The van der Waals surface area contributed by atoms with Crippen LogP contribution in [0.5, 0.6) is 0 Å². The van der Waals surface area contributed by atoms with Gasteiger partial charge in [0.1, 0.15) is 5.60 Å². The van der Waals surface area contributed by atoms with E-state index in [1.165, 1.54) is 6.21 Å². The number of alkyl carbamates (subject to hydrolysis) is 1. The van der Waals surface area contributed by atoms with Crippen LogP contribution in [0, 0.1) is 11.3 Å². The number of carbonyl (C=O) groups excluding carboxylic acids is 1. The van der Waals surface area contributed by atoms with E-state index < -0.39 is 5.60 Å². The number of hydrogen-bond donors (Lipinski definition) is 3. The van der Waals surface area contributed by atoms with Crippen molar-refractivity contribution in [1.29, 1.82) is 5.41 Å². The largest absolute Gasteiger partial charge is 0.444 e. The van der Waals surface area contributed by atoms with Crippen LogP contribution in [0.3, 0.4) is 0 Å². The number of carbonyl (C=O) groups is 1.